The third-order valence-electron chi connectivity index (χ3n) is 5.88. The third kappa shape index (κ3) is 2.12. The van der Waals surface area contributed by atoms with Crippen molar-refractivity contribution in [1.29, 1.82) is 0 Å². The molecule has 3 aliphatic rings. The molecule has 0 amide bonds. The largest absolute Gasteiger partial charge is 0.463 e. The number of fused-ring (bicyclic) bond motifs is 2. The molecule has 0 saturated carbocycles. The molecular formula is C17H24O7. The lowest BCUT2D eigenvalue weighted by Gasteiger charge is -2.49. The summed E-state index contributed by atoms with van der Waals surface area (Å²) in [6.07, 6.45) is -0.0462. The molecule has 1 spiro atoms. The van der Waals surface area contributed by atoms with E-state index in [1.54, 1.807) is 13.0 Å². The number of carbonyl (C=O) groups excluding carboxylic acids is 2. The minimum atomic E-state index is -1.33. The van der Waals surface area contributed by atoms with Gasteiger partial charge in [0.05, 0.1) is 18.6 Å². The van der Waals surface area contributed by atoms with Crippen LogP contribution in [0.3, 0.4) is 0 Å². The van der Waals surface area contributed by atoms with E-state index in [0.29, 0.717) is 12.0 Å². The Labute approximate surface area is 140 Å². The summed E-state index contributed by atoms with van der Waals surface area (Å²) < 4.78 is 21.7. The number of hydrogen-bond acceptors (Lipinski definition) is 7. The van der Waals surface area contributed by atoms with Crippen LogP contribution in [0, 0.1) is 17.3 Å². The molecule has 24 heavy (non-hydrogen) atoms. The molecule has 3 rings (SSSR count). The van der Waals surface area contributed by atoms with Crippen molar-refractivity contribution in [2.24, 2.45) is 17.3 Å². The Morgan fingerprint density at radius 3 is 2.71 bits per heavy atom. The Bertz CT molecular complexity index is 585. The lowest BCUT2D eigenvalue weighted by molar-refractivity contribution is -0.262. The number of allylic oxidation sites excluding steroid dienone is 1. The summed E-state index contributed by atoms with van der Waals surface area (Å²) in [6, 6.07) is 0. The van der Waals surface area contributed by atoms with Crippen LogP contribution in [-0.4, -0.2) is 62.3 Å². The van der Waals surface area contributed by atoms with Crippen LogP contribution in [0.2, 0.25) is 0 Å². The van der Waals surface area contributed by atoms with Crippen LogP contribution in [0.25, 0.3) is 0 Å². The van der Waals surface area contributed by atoms with E-state index in [4.69, 9.17) is 18.9 Å². The van der Waals surface area contributed by atoms with Gasteiger partial charge in [-0.1, -0.05) is 13.0 Å². The predicted molar refractivity (Wildman–Crippen MR) is 81.9 cm³/mol. The van der Waals surface area contributed by atoms with Crippen molar-refractivity contribution in [3.05, 3.63) is 11.6 Å². The van der Waals surface area contributed by atoms with E-state index in [1.165, 1.54) is 14.2 Å². The molecule has 0 radical (unpaired) electrons. The summed E-state index contributed by atoms with van der Waals surface area (Å²) >= 11 is 0. The molecule has 134 valence electrons. The van der Waals surface area contributed by atoms with Crippen molar-refractivity contribution >= 4 is 11.8 Å². The molecule has 1 aliphatic carbocycles. The van der Waals surface area contributed by atoms with Crippen LogP contribution >= 0.6 is 0 Å². The fourth-order valence-electron chi connectivity index (χ4n) is 4.59. The highest BCUT2D eigenvalue weighted by Crippen LogP contribution is 2.60. The number of aliphatic hydroxyl groups excluding tert-OH is 1. The van der Waals surface area contributed by atoms with Gasteiger partial charge in [-0.25, -0.2) is 4.79 Å². The van der Waals surface area contributed by atoms with E-state index in [0.717, 1.165) is 0 Å². The average Bonchev–Trinajstić information content (AvgIpc) is 2.83. The first-order valence-corrected chi connectivity index (χ1v) is 8.12. The zero-order chi connectivity index (χ0) is 17.7. The Kier molecular flexibility index (Phi) is 4.32. The summed E-state index contributed by atoms with van der Waals surface area (Å²) in [7, 11) is 2.96. The zero-order valence-electron chi connectivity index (χ0n) is 14.4. The fourth-order valence-corrected chi connectivity index (χ4v) is 4.59. The van der Waals surface area contributed by atoms with Crippen LogP contribution in [0.1, 0.15) is 20.3 Å². The number of Topliss-reactive ketones (excluding diaryl/α,β-unsaturated/α-hetero) is 1. The lowest BCUT2D eigenvalue weighted by atomic mass is 9.57. The third-order valence-corrected chi connectivity index (χ3v) is 5.88. The maximum absolute atomic E-state index is 12.7. The van der Waals surface area contributed by atoms with Gasteiger partial charge in [0.15, 0.2) is 17.7 Å². The van der Waals surface area contributed by atoms with Crippen LogP contribution < -0.4 is 0 Å². The van der Waals surface area contributed by atoms with Crippen LogP contribution in [0.5, 0.6) is 0 Å². The highest BCUT2D eigenvalue weighted by Gasteiger charge is 2.72. The van der Waals surface area contributed by atoms with Crippen molar-refractivity contribution in [1.82, 2.24) is 0 Å². The van der Waals surface area contributed by atoms with Crippen LogP contribution in [-0.2, 0) is 28.5 Å². The van der Waals surface area contributed by atoms with E-state index in [-0.39, 0.29) is 25.0 Å². The molecule has 0 aromatic heterocycles. The van der Waals surface area contributed by atoms with E-state index in [1.807, 2.05) is 6.92 Å². The second-order valence-corrected chi connectivity index (χ2v) is 7.00. The molecule has 2 fully saturated rings. The Morgan fingerprint density at radius 2 is 2.08 bits per heavy atom. The summed E-state index contributed by atoms with van der Waals surface area (Å²) in [5, 5.41) is 11.0. The van der Waals surface area contributed by atoms with E-state index >= 15 is 0 Å². The van der Waals surface area contributed by atoms with Gasteiger partial charge < -0.3 is 24.1 Å². The van der Waals surface area contributed by atoms with Gasteiger partial charge in [-0.15, -0.1) is 0 Å². The number of hydrogen-bond donors (Lipinski definition) is 1. The monoisotopic (exact) mass is 340 g/mol. The van der Waals surface area contributed by atoms with Crippen molar-refractivity contribution in [3.8, 4) is 0 Å². The number of aliphatic hydroxyl groups is 1. The normalized spacial score (nSPS) is 45.1. The molecule has 0 bridgehead atoms. The SMILES string of the molecule is COCC1=CC[C@]2([C@H]3[C@H](C)COC(=O)[C@H]3O[C@@]2(C)OC)[C@H](O)C1=O. The van der Waals surface area contributed by atoms with Gasteiger partial charge in [0.25, 0.3) is 0 Å². The first-order valence-electron chi connectivity index (χ1n) is 8.12. The van der Waals surface area contributed by atoms with Gasteiger partial charge in [-0.2, -0.15) is 0 Å². The minimum absolute atomic E-state index is 0.0653. The molecule has 0 aromatic carbocycles. The van der Waals surface area contributed by atoms with E-state index in [2.05, 4.69) is 0 Å². The second kappa shape index (κ2) is 5.91. The van der Waals surface area contributed by atoms with Crippen LogP contribution in [0.15, 0.2) is 11.6 Å². The second-order valence-electron chi connectivity index (χ2n) is 7.00. The number of ketones is 1. The maximum Gasteiger partial charge on any atom is 0.335 e. The van der Waals surface area contributed by atoms with Gasteiger partial charge in [-0.05, 0) is 19.3 Å². The fraction of sp³-hybridized carbons (Fsp3) is 0.765. The van der Waals surface area contributed by atoms with Crippen molar-refractivity contribution in [3.63, 3.8) is 0 Å². The standard InChI is InChI=1S/C17H24O7/c1-9-7-23-15(20)13-11(9)17(16(2,22-4)24-13)6-5-10(8-21-3)12(18)14(17)19/h5,9,11,13-14,19H,6-8H2,1-4H3/t9-,11+,13+,14-,16-,17+/m1/s1. The molecule has 2 saturated heterocycles. The smallest absolute Gasteiger partial charge is 0.335 e. The number of rotatable bonds is 3. The Morgan fingerprint density at radius 1 is 1.38 bits per heavy atom. The minimum Gasteiger partial charge on any atom is -0.463 e. The number of esters is 1. The van der Waals surface area contributed by atoms with Gasteiger partial charge in [0.1, 0.15) is 6.10 Å². The first-order chi connectivity index (χ1) is 11.3. The topological polar surface area (TPSA) is 91.3 Å². The zero-order valence-corrected chi connectivity index (χ0v) is 14.4. The number of methoxy groups -OCH3 is 2. The summed E-state index contributed by atoms with van der Waals surface area (Å²) in [5.41, 5.74) is -0.608. The summed E-state index contributed by atoms with van der Waals surface area (Å²) in [4.78, 5) is 24.9. The number of ether oxygens (including phenoxy) is 4. The Balaban J connectivity index is 2.11. The highest BCUT2D eigenvalue weighted by molar-refractivity contribution is 6.00. The van der Waals surface area contributed by atoms with Crippen molar-refractivity contribution < 1.29 is 33.6 Å². The van der Waals surface area contributed by atoms with Crippen LogP contribution in [0.4, 0.5) is 0 Å². The van der Waals surface area contributed by atoms with Gasteiger partial charge >= 0.3 is 5.97 Å². The van der Waals surface area contributed by atoms with Gasteiger partial charge in [0.2, 0.25) is 0 Å². The molecule has 2 aliphatic heterocycles. The quantitative estimate of drug-likeness (QED) is 0.746. The molecule has 2 heterocycles. The molecule has 6 atom stereocenters. The Hall–Kier alpha value is -1.28. The average molecular weight is 340 g/mol. The van der Waals surface area contributed by atoms with Gasteiger partial charge in [0, 0.05) is 25.7 Å². The van der Waals surface area contributed by atoms with E-state index in [9.17, 15) is 14.7 Å². The van der Waals surface area contributed by atoms with Crippen molar-refractivity contribution in [2.75, 3.05) is 27.4 Å². The highest BCUT2D eigenvalue weighted by atomic mass is 16.7. The van der Waals surface area contributed by atoms with Crippen molar-refractivity contribution in [2.45, 2.75) is 38.3 Å². The molecule has 0 unspecified atom stereocenters. The molecule has 1 N–H and O–H groups in total. The van der Waals surface area contributed by atoms with Gasteiger partial charge in [-0.3, -0.25) is 4.79 Å². The summed E-state index contributed by atoms with van der Waals surface area (Å²) in [5.74, 6) is -2.58. The molecular weight excluding hydrogens is 316 g/mol. The molecule has 7 heteroatoms. The van der Waals surface area contributed by atoms with E-state index < -0.39 is 35.2 Å². The number of carbonyl (C=O) groups is 2. The lowest BCUT2D eigenvalue weighted by Crippen LogP contribution is -2.61. The number of cyclic esters (lactones) is 1. The molecule has 0 aromatic rings. The molecule has 7 nitrogen and oxygen atoms in total. The first kappa shape index (κ1) is 17.5. The summed E-state index contributed by atoms with van der Waals surface area (Å²) in [6.45, 7) is 3.99. The predicted octanol–water partition coefficient (Wildman–Crippen LogP) is 0.450. The maximum atomic E-state index is 12.7.